The largest absolute Gasteiger partial charge is 0.480 e. The zero-order chi connectivity index (χ0) is 14.8. The number of nitrogens with one attached hydrogen (secondary N) is 2. The molecule has 0 spiro atoms. The summed E-state index contributed by atoms with van der Waals surface area (Å²) in [5, 5.41) is 14.1. The molecule has 0 fully saturated rings. The predicted molar refractivity (Wildman–Crippen MR) is 75.2 cm³/mol. The Labute approximate surface area is 115 Å². The zero-order valence-electron chi connectivity index (χ0n) is 12.4. The van der Waals surface area contributed by atoms with E-state index in [1.807, 2.05) is 0 Å². The maximum absolute atomic E-state index is 11.5. The minimum atomic E-state index is -1.01. The van der Waals surface area contributed by atoms with Crippen molar-refractivity contribution in [2.24, 2.45) is 5.92 Å². The van der Waals surface area contributed by atoms with E-state index >= 15 is 0 Å². The highest BCUT2D eigenvalue weighted by atomic mass is 16.4. The van der Waals surface area contributed by atoms with Gasteiger partial charge in [0.05, 0.1) is 0 Å². The summed E-state index contributed by atoms with van der Waals surface area (Å²) < 4.78 is 0. The number of carboxylic acids is 1. The average Bonchev–Trinajstić information content (AvgIpc) is 2.35. The van der Waals surface area contributed by atoms with Crippen LogP contribution in [0.15, 0.2) is 0 Å². The fourth-order valence-electron chi connectivity index (χ4n) is 1.75. The number of urea groups is 1. The van der Waals surface area contributed by atoms with Crippen LogP contribution in [-0.2, 0) is 4.79 Å². The highest BCUT2D eigenvalue weighted by molar-refractivity contribution is 5.82. The minimum absolute atomic E-state index is 0.140. The Morgan fingerprint density at radius 2 is 1.79 bits per heavy atom. The molecule has 0 radical (unpaired) electrons. The third-order valence-corrected chi connectivity index (χ3v) is 3.05. The van der Waals surface area contributed by atoms with Crippen molar-refractivity contribution in [1.29, 1.82) is 0 Å². The van der Waals surface area contributed by atoms with Crippen molar-refractivity contribution in [2.45, 2.75) is 40.2 Å². The Morgan fingerprint density at radius 3 is 2.21 bits per heavy atom. The molecule has 2 amide bonds. The van der Waals surface area contributed by atoms with Gasteiger partial charge in [-0.25, -0.2) is 9.59 Å². The van der Waals surface area contributed by atoms with Crippen LogP contribution in [-0.4, -0.2) is 54.2 Å². The van der Waals surface area contributed by atoms with Crippen LogP contribution in [0.2, 0.25) is 0 Å². The second-order valence-corrected chi connectivity index (χ2v) is 4.84. The molecular weight excluding hydrogens is 246 g/mol. The molecule has 0 aromatic rings. The molecular formula is C13H27N3O3. The van der Waals surface area contributed by atoms with Crippen molar-refractivity contribution in [3.05, 3.63) is 0 Å². The van der Waals surface area contributed by atoms with Gasteiger partial charge in [-0.1, -0.05) is 27.7 Å². The molecule has 3 N–H and O–H groups in total. The Hall–Kier alpha value is -1.30. The number of aliphatic carboxylic acids is 1. The van der Waals surface area contributed by atoms with Gasteiger partial charge in [0, 0.05) is 6.54 Å². The average molecular weight is 273 g/mol. The van der Waals surface area contributed by atoms with Crippen LogP contribution in [0.4, 0.5) is 4.79 Å². The number of hydrogen-bond acceptors (Lipinski definition) is 3. The molecule has 0 unspecified atom stereocenters. The standard InChI is InChI=1S/C13H27N3O3/c1-5-16(6-2)9-7-8-14-13(19)15-11(10(3)4)12(17)18/h10-11H,5-9H2,1-4H3,(H,17,18)(H2,14,15,19)/t11-/m0/s1. The first-order valence-electron chi connectivity index (χ1n) is 6.91. The van der Waals surface area contributed by atoms with E-state index < -0.39 is 18.0 Å². The third kappa shape index (κ3) is 7.66. The lowest BCUT2D eigenvalue weighted by atomic mass is 10.1. The molecule has 0 aromatic heterocycles. The molecule has 0 rings (SSSR count). The van der Waals surface area contributed by atoms with Gasteiger partial charge < -0.3 is 20.6 Å². The van der Waals surface area contributed by atoms with Gasteiger partial charge in [-0.05, 0) is 32.0 Å². The Bertz CT molecular complexity index is 278. The van der Waals surface area contributed by atoms with E-state index in [1.165, 1.54) is 0 Å². The third-order valence-electron chi connectivity index (χ3n) is 3.05. The van der Waals surface area contributed by atoms with E-state index in [0.717, 1.165) is 26.1 Å². The Morgan fingerprint density at radius 1 is 1.21 bits per heavy atom. The predicted octanol–water partition coefficient (Wildman–Crippen LogP) is 1.13. The number of rotatable bonds is 9. The van der Waals surface area contributed by atoms with E-state index in [4.69, 9.17) is 5.11 Å². The van der Waals surface area contributed by atoms with Crippen LogP contribution in [0.3, 0.4) is 0 Å². The van der Waals surface area contributed by atoms with Crippen LogP contribution in [0.1, 0.15) is 34.1 Å². The van der Waals surface area contributed by atoms with Crippen molar-refractivity contribution >= 4 is 12.0 Å². The number of amides is 2. The summed E-state index contributed by atoms with van der Waals surface area (Å²) in [6.45, 7) is 11.2. The second kappa shape index (κ2) is 9.61. The van der Waals surface area contributed by atoms with Gasteiger partial charge >= 0.3 is 12.0 Å². The van der Waals surface area contributed by atoms with Gasteiger partial charge in [0.15, 0.2) is 0 Å². The Balaban J connectivity index is 3.89. The summed E-state index contributed by atoms with van der Waals surface area (Å²) >= 11 is 0. The minimum Gasteiger partial charge on any atom is -0.480 e. The smallest absolute Gasteiger partial charge is 0.326 e. The van der Waals surface area contributed by atoms with Gasteiger partial charge in [0.2, 0.25) is 0 Å². The first kappa shape index (κ1) is 17.7. The van der Waals surface area contributed by atoms with Crippen LogP contribution >= 0.6 is 0 Å². The molecule has 6 heteroatoms. The maximum atomic E-state index is 11.5. The van der Waals surface area contributed by atoms with E-state index in [1.54, 1.807) is 13.8 Å². The zero-order valence-corrected chi connectivity index (χ0v) is 12.4. The lowest BCUT2D eigenvalue weighted by Gasteiger charge is -2.19. The molecule has 0 bridgehead atoms. The second-order valence-electron chi connectivity index (χ2n) is 4.84. The van der Waals surface area contributed by atoms with Gasteiger partial charge in [0.1, 0.15) is 6.04 Å². The molecule has 19 heavy (non-hydrogen) atoms. The molecule has 0 aliphatic rings. The molecule has 1 atom stereocenters. The summed E-state index contributed by atoms with van der Waals surface area (Å²) in [5.41, 5.74) is 0. The van der Waals surface area contributed by atoms with Gasteiger partial charge in [0.25, 0.3) is 0 Å². The number of hydrogen-bond donors (Lipinski definition) is 3. The first-order valence-corrected chi connectivity index (χ1v) is 6.91. The van der Waals surface area contributed by atoms with Gasteiger partial charge in [-0.2, -0.15) is 0 Å². The molecule has 0 aromatic carbocycles. The van der Waals surface area contributed by atoms with Crippen LogP contribution in [0.5, 0.6) is 0 Å². The van der Waals surface area contributed by atoms with Crippen LogP contribution in [0, 0.1) is 5.92 Å². The molecule has 0 aliphatic heterocycles. The monoisotopic (exact) mass is 273 g/mol. The lowest BCUT2D eigenvalue weighted by Crippen LogP contribution is -2.48. The van der Waals surface area contributed by atoms with Crippen LogP contribution in [0.25, 0.3) is 0 Å². The number of carbonyl (C=O) groups is 2. The van der Waals surface area contributed by atoms with Crippen molar-refractivity contribution in [3.8, 4) is 0 Å². The Kier molecular flexibility index (Phi) is 8.95. The highest BCUT2D eigenvalue weighted by Gasteiger charge is 2.22. The van der Waals surface area contributed by atoms with E-state index in [-0.39, 0.29) is 5.92 Å². The van der Waals surface area contributed by atoms with Crippen molar-refractivity contribution in [1.82, 2.24) is 15.5 Å². The van der Waals surface area contributed by atoms with Crippen molar-refractivity contribution in [2.75, 3.05) is 26.2 Å². The lowest BCUT2D eigenvalue weighted by molar-refractivity contribution is -0.140. The molecule has 0 aliphatic carbocycles. The normalized spacial score (nSPS) is 12.5. The molecule has 112 valence electrons. The number of carbonyl (C=O) groups excluding carboxylic acids is 1. The fourth-order valence-corrected chi connectivity index (χ4v) is 1.75. The van der Waals surface area contributed by atoms with E-state index in [0.29, 0.717) is 6.54 Å². The summed E-state index contributed by atoms with van der Waals surface area (Å²) in [7, 11) is 0. The van der Waals surface area contributed by atoms with E-state index in [2.05, 4.69) is 29.4 Å². The number of nitrogens with zero attached hydrogens (tertiary/aromatic N) is 1. The summed E-state index contributed by atoms with van der Waals surface area (Å²) in [5.74, 6) is -1.15. The SMILES string of the molecule is CCN(CC)CCCNC(=O)N[C@H](C(=O)O)C(C)C. The topological polar surface area (TPSA) is 81.7 Å². The quantitative estimate of drug-likeness (QED) is 0.550. The van der Waals surface area contributed by atoms with Gasteiger partial charge in [-0.15, -0.1) is 0 Å². The van der Waals surface area contributed by atoms with Crippen LogP contribution < -0.4 is 10.6 Å². The fraction of sp³-hybridized carbons (Fsp3) is 0.846. The summed E-state index contributed by atoms with van der Waals surface area (Å²) in [4.78, 5) is 24.7. The summed E-state index contributed by atoms with van der Waals surface area (Å²) in [6, 6.07) is -1.26. The highest BCUT2D eigenvalue weighted by Crippen LogP contribution is 2.01. The van der Waals surface area contributed by atoms with Crippen molar-refractivity contribution < 1.29 is 14.7 Å². The van der Waals surface area contributed by atoms with Gasteiger partial charge in [-0.3, -0.25) is 0 Å². The summed E-state index contributed by atoms with van der Waals surface area (Å²) in [6.07, 6.45) is 0.856. The molecule has 6 nitrogen and oxygen atoms in total. The molecule has 0 saturated heterocycles. The first-order chi connectivity index (χ1) is 8.92. The molecule has 0 saturated carbocycles. The van der Waals surface area contributed by atoms with E-state index in [9.17, 15) is 9.59 Å². The molecule has 0 heterocycles. The van der Waals surface area contributed by atoms with Crippen molar-refractivity contribution in [3.63, 3.8) is 0 Å². The maximum Gasteiger partial charge on any atom is 0.326 e. The number of carboxylic acid groups (broad SMARTS) is 1.